The average molecular weight is 369 g/mol. The van der Waals surface area contributed by atoms with Gasteiger partial charge in [-0.25, -0.2) is 4.79 Å². The zero-order valence-corrected chi connectivity index (χ0v) is 15.2. The summed E-state index contributed by atoms with van der Waals surface area (Å²) in [5.74, 6) is 1.41. The molecule has 142 valence electrons. The summed E-state index contributed by atoms with van der Waals surface area (Å²) in [5, 5.41) is 12.6. The number of piperazine rings is 1. The molecule has 1 amide bonds. The third-order valence-corrected chi connectivity index (χ3v) is 4.86. The lowest BCUT2D eigenvalue weighted by atomic mass is 10.0. The van der Waals surface area contributed by atoms with Crippen molar-refractivity contribution in [1.29, 1.82) is 0 Å². The van der Waals surface area contributed by atoms with E-state index in [1.165, 1.54) is 4.90 Å². The fourth-order valence-corrected chi connectivity index (χ4v) is 3.45. The molecule has 1 saturated heterocycles. The number of nitrogens with one attached hydrogen (secondary N) is 1. The summed E-state index contributed by atoms with van der Waals surface area (Å²) in [6, 6.07) is 17.1. The summed E-state index contributed by atoms with van der Waals surface area (Å²) in [7, 11) is 1.68. The first-order chi connectivity index (χ1) is 13.1. The van der Waals surface area contributed by atoms with Crippen LogP contribution in [0.3, 0.4) is 0 Å². The molecule has 3 rings (SSSR count). The number of nitrogens with zero attached hydrogens (tertiary/aromatic N) is 2. The van der Waals surface area contributed by atoms with E-state index in [-0.39, 0.29) is 13.0 Å². The third kappa shape index (κ3) is 3.88. The number of hydrogen-bond donors (Lipinski definition) is 2. The molecule has 1 aliphatic heterocycles. The summed E-state index contributed by atoms with van der Waals surface area (Å²) in [6.45, 7) is 1.12. The minimum absolute atomic E-state index is 0.0635. The minimum atomic E-state index is -1.04. The number of hydrogen-bond acceptors (Lipinski definition) is 5. The molecule has 1 fully saturated rings. The topological polar surface area (TPSA) is 82.1 Å². The van der Waals surface area contributed by atoms with Crippen LogP contribution in [0.15, 0.2) is 54.6 Å². The monoisotopic (exact) mass is 369 g/mol. The molecule has 1 unspecified atom stereocenters. The van der Waals surface area contributed by atoms with Gasteiger partial charge in [0.15, 0.2) is 5.75 Å². The van der Waals surface area contributed by atoms with Gasteiger partial charge in [0, 0.05) is 19.5 Å². The molecule has 2 aromatic carbocycles. The van der Waals surface area contributed by atoms with Gasteiger partial charge in [0.2, 0.25) is 0 Å². The van der Waals surface area contributed by atoms with Gasteiger partial charge in [-0.1, -0.05) is 30.3 Å². The highest BCUT2D eigenvalue weighted by molar-refractivity contribution is 5.69. The first-order valence-corrected chi connectivity index (χ1v) is 8.79. The molecule has 1 atom stereocenters. The van der Waals surface area contributed by atoms with Gasteiger partial charge in [0.1, 0.15) is 17.7 Å². The number of ether oxygens (including phenoxy) is 1. The van der Waals surface area contributed by atoms with E-state index in [9.17, 15) is 14.7 Å². The number of anilines is 1. The number of carboxylic acid groups (broad SMARTS) is 1. The standard InChI is InChI=1S/C20H23N3O4/c1-21-20(11-14-24)15-22(12-13-23(20)19(25)26)17-9-5-6-10-18(17)27-16-7-3-2-4-8-16/h2-10,14,21H,11-13,15H2,1H3,(H,25,26). The minimum Gasteiger partial charge on any atom is -0.465 e. The van der Waals surface area contributed by atoms with Crippen molar-refractivity contribution in [1.82, 2.24) is 10.2 Å². The Bertz CT molecular complexity index is 799. The zero-order valence-electron chi connectivity index (χ0n) is 15.2. The first-order valence-electron chi connectivity index (χ1n) is 8.79. The van der Waals surface area contributed by atoms with Gasteiger partial charge in [0.25, 0.3) is 0 Å². The van der Waals surface area contributed by atoms with Gasteiger partial charge in [-0.2, -0.15) is 0 Å². The quantitative estimate of drug-likeness (QED) is 0.762. The van der Waals surface area contributed by atoms with Crippen molar-refractivity contribution < 1.29 is 19.4 Å². The van der Waals surface area contributed by atoms with E-state index < -0.39 is 11.8 Å². The van der Waals surface area contributed by atoms with E-state index in [1.807, 2.05) is 54.6 Å². The summed E-state index contributed by atoms with van der Waals surface area (Å²) in [5.41, 5.74) is -0.122. The maximum Gasteiger partial charge on any atom is 0.408 e. The van der Waals surface area contributed by atoms with Gasteiger partial charge in [-0.05, 0) is 31.3 Å². The molecular weight excluding hydrogens is 346 g/mol. The van der Waals surface area contributed by atoms with Crippen LogP contribution in [0.5, 0.6) is 11.5 Å². The largest absolute Gasteiger partial charge is 0.465 e. The molecule has 0 saturated carbocycles. The number of benzene rings is 2. The van der Waals surface area contributed by atoms with E-state index in [0.29, 0.717) is 18.8 Å². The smallest absolute Gasteiger partial charge is 0.408 e. The van der Waals surface area contributed by atoms with E-state index >= 15 is 0 Å². The van der Waals surface area contributed by atoms with Crippen LogP contribution >= 0.6 is 0 Å². The maximum absolute atomic E-state index is 11.7. The second kappa shape index (κ2) is 8.09. The Morgan fingerprint density at radius 3 is 2.56 bits per heavy atom. The lowest BCUT2D eigenvalue weighted by Gasteiger charge is -2.49. The van der Waals surface area contributed by atoms with Crippen LogP contribution in [0.25, 0.3) is 0 Å². The van der Waals surface area contributed by atoms with Gasteiger partial charge >= 0.3 is 6.09 Å². The fourth-order valence-electron chi connectivity index (χ4n) is 3.45. The molecule has 0 spiro atoms. The lowest BCUT2D eigenvalue weighted by Crippen LogP contribution is -2.70. The highest BCUT2D eigenvalue weighted by Gasteiger charge is 2.43. The van der Waals surface area contributed by atoms with Crippen LogP contribution in [0.2, 0.25) is 0 Å². The molecule has 0 bridgehead atoms. The number of amides is 1. The van der Waals surface area contributed by atoms with E-state index in [4.69, 9.17) is 4.74 Å². The highest BCUT2D eigenvalue weighted by Crippen LogP contribution is 2.35. The Kier molecular flexibility index (Phi) is 5.61. The van der Waals surface area contributed by atoms with Crippen molar-refractivity contribution in [2.45, 2.75) is 12.1 Å². The third-order valence-electron chi connectivity index (χ3n) is 4.86. The fraction of sp³-hybridized carbons (Fsp3) is 0.300. The number of para-hydroxylation sites is 3. The molecular formula is C20H23N3O4. The predicted molar refractivity (Wildman–Crippen MR) is 102 cm³/mol. The lowest BCUT2D eigenvalue weighted by molar-refractivity contribution is -0.110. The average Bonchev–Trinajstić information content (AvgIpc) is 2.69. The number of carbonyl (C=O) groups excluding carboxylic acids is 1. The Hall–Kier alpha value is -3.06. The van der Waals surface area contributed by atoms with Crippen molar-refractivity contribution in [3.63, 3.8) is 0 Å². The number of rotatable bonds is 6. The summed E-state index contributed by atoms with van der Waals surface area (Å²) in [6.07, 6.45) is -0.226. The number of aldehydes is 1. The molecule has 1 heterocycles. The summed E-state index contributed by atoms with van der Waals surface area (Å²) in [4.78, 5) is 26.3. The second-order valence-electron chi connectivity index (χ2n) is 6.39. The van der Waals surface area contributed by atoms with Crippen LogP contribution in [0.4, 0.5) is 10.5 Å². The Morgan fingerprint density at radius 2 is 1.89 bits per heavy atom. The van der Waals surface area contributed by atoms with Gasteiger partial charge in [-0.3, -0.25) is 10.2 Å². The van der Waals surface area contributed by atoms with Gasteiger partial charge in [0.05, 0.1) is 12.2 Å². The Balaban J connectivity index is 1.91. The zero-order chi connectivity index (χ0) is 19.3. The molecule has 7 heteroatoms. The molecule has 2 N–H and O–H groups in total. The van der Waals surface area contributed by atoms with Crippen LogP contribution in [0.1, 0.15) is 6.42 Å². The summed E-state index contributed by atoms with van der Waals surface area (Å²) >= 11 is 0. The Morgan fingerprint density at radius 1 is 1.19 bits per heavy atom. The number of carbonyl (C=O) groups is 2. The van der Waals surface area contributed by atoms with Crippen LogP contribution in [-0.4, -0.2) is 54.7 Å². The number of likely N-dealkylation sites (N-methyl/N-ethyl adjacent to an activating group) is 1. The van der Waals surface area contributed by atoms with Crippen LogP contribution < -0.4 is 15.0 Å². The van der Waals surface area contributed by atoms with Crippen molar-refractivity contribution in [3.8, 4) is 11.5 Å². The van der Waals surface area contributed by atoms with Crippen molar-refractivity contribution in [2.75, 3.05) is 31.6 Å². The predicted octanol–water partition coefficient (Wildman–Crippen LogP) is 2.78. The molecule has 1 aliphatic rings. The van der Waals surface area contributed by atoms with Crippen molar-refractivity contribution in [2.24, 2.45) is 0 Å². The van der Waals surface area contributed by atoms with E-state index in [2.05, 4.69) is 10.2 Å². The molecule has 0 radical (unpaired) electrons. The van der Waals surface area contributed by atoms with Crippen molar-refractivity contribution >= 4 is 18.1 Å². The van der Waals surface area contributed by atoms with E-state index in [1.54, 1.807) is 7.05 Å². The molecule has 0 aromatic heterocycles. The van der Waals surface area contributed by atoms with Crippen LogP contribution in [0, 0.1) is 0 Å². The normalized spacial score (nSPS) is 19.6. The first kappa shape index (κ1) is 18.7. The highest BCUT2D eigenvalue weighted by atomic mass is 16.5. The second-order valence-corrected chi connectivity index (χ2v) is 6.39. The molecule has 0 aliphatic carbocycles. The maximum atomic E-state index is 11.7. The Labute approximate surface area is 158 Å². The molecule has 2 aromatic rings. The molecule has 7 nitrogen and oxygen atoms in total. The SMILES string of the molecule is CNC1(CC=O)CN(c2ccccc2Oc2ccccc2)CCN1C(=O)O. The van der Waals surface area contributed by atoms with Crippen LogP contribution in [-0.2, 0) is 4.79 Å². The van der Waals surface area contributed by atoms with E-state index in [0.717, 1.165) is 17.7 Å². The summed E-state index contributed by atoms with van der Waals surface area (Å²) < 4.78 is 6.04. The molecule has 27 heavy (non-hydrogen) atoms. The van der Waals surface area contributed by atoms with Crippen molar-refractivity contribution in [3.05, 3.63) is 54.6 Å². The van der Waals surface area contributed by atoms with Gasteiger partial charge < -0.3 is 19.5 Å². The van der Waals surface area contributed by atoms with Gasteiger partial charge in [-0.15, -0.1) is 0 Å².